The van der Waals surface area contributed by atoms with Crippen molar-refractivity contribution in [3.63, 3.8) is 0 Å². The second-order valence-corrected chi connectivity index (χ2v) is 9.07. The Balaban J connectivity index is 2.15. The predicted molar refractivity (Wildman–Crippen MR) is 105 cm³/mol. The van der Waals surface area contributed by atoms with Gasteiger partial charge in [0.15, 0.2) is 9.84 Å². The van der Waals surface area contributed by atoms with Gasteiger partial charge in [-0.25, -0.2) is 13.4 Å². The summed E-state index contributed by atoms with van der Waals surface area (Å²) in [6, 6.07) is 9.44. The molecule has 0 saturated heterocycles. The number of aromatic nitrogens is 1. The summed E-state index contributed by atoms with van der Waals surface area (Å²) < 4.78 is 53.9. The van der Waals surface area contributed by atoms with E-state index in [-0.39, 0.29) is 22.2 Å². The summed E-state index contributed by atoms with van der Waals surface area (Å²) >= 11 is 12.4. The van der Waals surface area contributed by atoms with Crippen LogP contribution in [0.1, 0.15) is 16.7 Å². The van der Waals surface area contributed by atoms with E-state index in [2.05, 4.69) is 9.72 Å². The molecule has 3 rings (SSSR count). The Labute approximate surface area is 171 Å². The first kappa shape index (κ1) is 20.8. The van der Waals surface area contributed by atoms with Crippen LogP contribution in [-0.2, 0) is 16.3 Å². The number of nitrogens with zero attached hydrogens (tertiary/aromatic N) is 1. The fourth-order valence-corrected chi connectivity index (χ4v) is 4.08. The van der Waals surface area contributed by atoms with E-state index in [9.17, 15) is 17.2 Å². The standard InChI is InChI=1S/C19H15Cl2F2NO3S/c1-10-13-4-3-5-15(20)17(13)24-18(27-19(22)23)14(10)8-11-6-7-12(9-16(11)21)28(2,25)26/h3-7,9,19H,8H2,1-2H3. The molecular weight excluding hydrogens is 431 g/mol. The van der Waals surface area contributed by atoms with Gasteiger partial charge >= 0.3 is 6.61 Å². The molecule has 0 aliphatic heterocycles. The van der Waals surface area contributed by atoms with Crippen molar-refractivity contribution in [2.75, 3.05) is 6.26 Å². The molecule has 1 heterocycles. The van der Waals surface area contributed by atoms with Gasteiger partial charge in [-0.15, -0.1) is 0 Å². The number of para-hydroxylation sites is 1. The largest absolute Gasteiger partial charge is 0.417 e. The minimum atomic E-state index is -3.42. The number of rotatable bonds is 5. The summed E-state index contributed by atoms with van der Waals surface area (Å²) in [4.78, 5) is 4.26. The molecule has 28 heavy (non-hydrogen) atoms. The van der Waals surface area contributed by atoms with Crippen LogP contribution in [-0.4, -0.2) is 26.3 Å². The number of hydrogen-bond donors (Lipinski definition) is 0. The monoisotopic (exact) mass is 445 g/mol. The van der Waals surface area contributed by atoms with Gasteiger partial charge in [0.2, 0.25) is 5.88 Å². The van der Waals surface area contributed by atoms with Crippen LogP contribution in [0.25, 0.3) is 10.9 Å². The number of hydrogen-bond acceptors (Lipinski definition) is 4. The van der Waals surface area contributed by atoms with Gasteiger partial charge in [0.25, 0.3) is 0 Å². The van der Waals surface area contributed by atoms with Crippen molar-refractivity contribution < 1.29 is 21.9 Å². The van der Waals surface area contributed by atoms with Gasteiger partial charge in [0.1, 0.15) is 0 Å². The number of pyridine rings is 1. The highest BCUT2D eigenvalue weighted by Gasteiger charge is 2.20. The second kappa shape index (κ2) is 7.81. The molecular formula is C19H15Cl2F2NO3S. The van der Waals surface area contributed by atoms with Crippen LogP contribution in [0.4, 0.5) is 8.78 Å². The van der Waals surface area contributed by atoms with Crippen molar-refractivity contribution in [3.8, 4) is 5.88 Å². The number of alkyl halides is 2. The summed E-state index contributed by atoms with van der Waals surface area (Å²) in [6.45, 7) is -1.30. The van der Waals surface area contributed by atoms with E-state index in [1.54, 1.807) is 31.2 Å². The predicted octanol–water partition coefficient (Wildman–Crippen LogP) is 5.45. The summed E-state index contributed by atoms with van der Waals surface area (Å²) in [5, 5.41) is 1.23. The van der Waals surface area contributed by atoms with E-state index in [0.29, 0.717) is 32.6 Å². The van der Waals surface area contributed by atoms with Gasteiger partial charge in [-0.2, -0.15) is 8.78 Å². The molecule has 0 unspecified atom stereocenters. The van der Waals surface area contributed by atoms with E-state index in [0.717, 1.165) is 6.26 Å². The first-order valence-electron chi connectivity index (χ1n) is 8.09. The average molecular weight is 446 g/mol. The van der Waals surface area contributed by atoms with Gasteiger partial charge in [0, 0.05) is 28.6 Å². The fourth-order valence-electron chi connectivity index (χ4n) is 2.91. The highest BCUT2D eigenvalue weighted by Crippen LogP contribution is 2.35. The first-order chi connectivity index (χ1) is 13.1. The van der Waals surface area contributed by atoms with E-state index < -0.39 is 16.4 Å². The Morgan fingerprint density at radius 3 is 2.46 bits per heavy atom. The van der Waals surface area contributed by atoms with Gasteiger partial charge in [0.05, 0.1) is 15.4 Å². The Morgan fingerprint density at radius 1 is 1.14 bits per heavy atom. The Morgan fingerprint density at radius 2 is 1.86 bits per heavy atom. The Bertz CT molecular complexity index is 1170. The maximum atomic E-state index is 12.9. The molecule has 0 radical (unpaired) electrons. The second-order valence-electron chi connectivity index (χ2n) is 6.24. The maximum absolute atomic E-state index is 12.9. The molecule has 0 aliphatic rings. The SMILES string of the molecule is Cc1c(Cc2ccc(S(C)(=O)=O)cc2Cl)c(OC(F)F)nc2c(Cl)cccc12. The quantitative estimate of drug-likeness (QED) is 0.524. The molecule has 0 atom stereocenters. The van der Waals surface area contributed by atoms with Crippen molar-refractivity contribution in [2.45, 2.75) is 24.9 Å². The van der Waals surface area contributed by atoms with Crippen molar-refractivity contribution in [1.82, 2.24) is 4.98 Å². The highest BCUT2D eigenvalue weighted by molar-refractivity contribution is 7.90. The van der Waals surface area contributed by atoms with Gasteiger partial charge < -0.3 is 4.74 Å². The zero-order valence-corrected chi connectivity index (χ0v) is 17.2. The summed E-state index contributed by atoms with van der Waals surface area (Å²) in [5.41, 5.74) is 2.01. The normalized spacial score (nSPS) is 12.0. The molecule has 148 valence electrons. The zero-order chi connectivity index (χ0) is 20.6. The van der Waals surface area contributed by atoms with Crippen LogP contribution < -0.4 is 4.74 Å². The summed E-state index contributed by atoms with van der Waals surface area (Å²) in [6.07, 6.45) is 1.21. The average Bonchev–Trinajstić information content (AvgIpc) is 2.59. The van der Waals surface area contributed by atoms with E-state index in [1.807, 2.05) is 0 Å². The third-order valence-electron chi connectivity index (χ3n) is 4.34. The van der Waals surface area contributed by atoms with E-state index in [4.69, 9.17) is 23.2 Å². The highest BCUT2D eigenvalue weighted by atomic mass is 35.5. The lowest BCUT2D eigenvalue weighted by Gasteiger charge is -2.16. The summed E-state index contributed by atoms with van der Waals surface area (Å²) in [7, 11) is -3.42. The third-order valence-corrected chi connectivity index (χ3v) is 6.10. The van der Waals surface area contributed by atoms with Crippen LogP contribution in [0.2, 0.25) is 10.0 Å². The van der Waals surface area contributed by atoms with Gasteiger partial charge in [-0.05, 0) is 36.2 Å². The molecule has 0 bridgehead atoms. The lowest BCUT2D eigenvalue weighted by molar-refractivity contribution is -0.0532. The number of sulfone groups is 1. The molecule has 0 fully saturated rings. The number of benzene rings is 2. The van der Waals surface area contributed by atoms with Crippen LogP contribution in [0.15, 0.2) is 41.3 Å². The van der Waals surface area contributed by atoms with Crippen LogP contribution in [0.5, 0.6) is 5.88 Å². The molecule has 0 N–H and O–H groups in total. The van der Waals surface area contributed by atoms with E-state index in [1.165, 1.54) is 12.1 Å². The smallest absolute Gasteiger partial charge is 0.388 e. The Hall–Kier alpha value is -1.96. The molecule has 4 nitrogen and oxygen atoms in total. The zero-order valence-electron chi connectivity index (χ0n) is 14.8. The number of aryl methyl sites for hydroxylation is 1. The molecule has 1 aromatic heterocycles. The van der Waals surface area contributed by atoms with Crippen LogP contribution in [0.3, 0.4) is 0 Å². The maximum Gasteiger partial charge on any atom is 0.388 e. The molecule has 2 aromatic carbocycles. The lowest BCUT2D eigenvalue weighted by atomic mass is 9.98. The minimum absolute atomic E-state index is 0.0745. The molecule has 0 spiro atoms. The molecule has 3 aromatic rings. The fraction of sp³-hybridized carbons (Fsp3) is 0.211. The van der Waals surface area contributed by atoms with Crippen molar-refractivity contribution >= 4 is 43.9 Å². The molecule has 0 saturated carbocycles. The molecule has 9 heteroatoms. The Kier molecular flexibility index (Phi) is 5.79. The minimum Gasteiger partial charge on any atom is -0.417 e. The van der Waals surface area contributed by atoms with Crippen molar-refractivity contribution in [3.05, 3.63) is 63.1 Å². The number of halogens is 4. The van der Waals surface area contributed by atoms with Crippen LogP contribution in [0, 0.1) is 6.92 Å². The number of fused-ring (bicyclic) bond motifs is 1. The first-order valence-corrected chi connectivity index (χ1v) is 10.7. The molecule has 0 amide bonds. The van der Waals surface area contributed by atoms with E-state index >= 15 is 0 Å². The third kappa shape index (κ3) is 4.21. The number of ether oxygens (including phenoxy) is 1. The van der Waals surface area contributed by atoms with Gasteiger partial charge in [-0.1, -0.05) is 41.4 Å². The topological polar surface area (TPSA) is 56.3 Å². The summed E-state index contributed by atoms with van der Waals surface area (Å²) in [5.74, 6) is -0.239. The van der Waals surface area contributed by atoms with Crippen LogP contribution >= 0.6 is 23.2 Å². The van der Waals surface area contributed by atoms with Crippen molar-refractivity contribution in [2.24, 2.45) is 0 Å². The lowest BCUT2D eigenvalue weighted by Crippen LogP contribution is -2.09. The van der Waals surface area contributed by atoms with Gasteiger partial charge in [-0.3, -0.25) is 0 Å². The molecule has 0 aliphatic carbocycles. The van der Waals surface area contributed by atoms with Crippen molar-refractivity contribution in [1.29, 1.82) is 0 Å².